The summed E-state index contributed by atoms with van der Waals surface area (Å²) < 4.78 is 42.9. The van der Waals surface area contributed by atoms with Gasteiger partial charge in [-0.3, -0.25) is 0 Å². The molecule has 0 spiro atoms. The third kappa shape index (κ3) is 3.83. The van der Waals surface area contributed by atoms with Gasteiger partial charge in [-0.2, -0.15) is 13.2 Å². The summed E-state index contributed by atoms with van der Waals surface area (Å²) in [5.41, 5.74) is -0.816. The number of aromatic nitrogens is 1. The third-order valence-corrected chi connectivity index (χ3v) is 3.44. The molecule has 2 heterocycles. The van der Waals surface area contributed by atoms with Gasteiger partial charge in [0, 0.05) is 19.8 Å². The summed E-state index contributed by atoms with van der Waals surface area (Å²) in [6.07, 6.45) is -2.60. The SMILES string of the molecule is CC1(CNc2cccc(C(F)(F)F)n2)CCOCC1. The molecule has 1 N–H and O–H groups in total. The molecule has 0 bridgehead atoms. The second kappa shape index (κ2) is 5.36. The van der Waals surface area contributed by atoms with E-state index in [0.29, 0.717) is 19.8 Å². The van der Waals surface area contributed by atoms with Crippen molar-refractivity contribution >= 4 is 5.82 Å². The predicted molar refractivity (Wildman–Crippen MR) is 65.9 cm³/mol. The average Bonchev–Trinajstić information content (AvgIpc) is 2.37. The molecular weight excluding hydrogens is 257 g/mol. The molecule has 1 aliphatic heterocycles. The van der Waals surface area contributed by atoms with Crippen LogP contribution in [0.15, 0.2) is 18.2 Å². The van der Waals surface area contributed by atoms with Gasteiger partial charge in [-0.05, 0) is 30.4 Å². The van der Waals surface area contributed by atoms with Crippen LogP contribution < -0.4 is 5.32 Å². The molecule has 1 aromatic rings. The van der Waals surface area contributed by atoms with Gasteiger partial charge in [0.05, 0.1) is 0 Å². The van der Waals surface area contributed by atoms with Crippen molar-refractivity contribution in [3.63, 3.8) is 0 Å². The summed E-state index contributed by atoms with van der Waals surface area (Å²) in [5, 5.41) is 3.00. The Kier molecular flexibility index (Phi) is 3.99. The van der Waals surface area contributed by atoms with Crippen molar-refractivity contribution in [2.75, 3.05) is 25.1 Å². The highest BCUT2D eigenvalue weighted by molar-refractivity contribution is 5.36. The minimum absolute atomic E-state index is 0.0498. The number of nitrogens with zero attached hydrogens (tertiary/aromatic N) is 1. The Morgan fingerprint density at radius 2 is 2.00 bits per heavy atom. The maximum Gasteiger partial charge on any atom is 0.433 e. The van der Waals surface area contributed by atoms with Crippen molar-refractivity contribution in [2.24, 2.45) is 5.41 Å². The molecule has 0 radical (unpaired) electrons. The molecule has 106 valence electrons. The number of nitrogens with one attached hydrogen (secondary N) is 1. The topological polar surface area (TPSA) is 34.2 Å². The molecule has 0 aliphatic carbocycles. The molecule has 6 heteroatoms. The molecule has 0 saturated carbocycles. The fourth-order valence-corrected chi connectivity index (χ4v) is 2.04. The summed E-state index contributed by atoms with van der Waals surface area (Å²) in [7, 11) is 0. The van der Waals surface area contributed by atoms with Gasteiger partial charge in [0.15, 0.2) is 0 Å². The number of alkyl halides is 3. The fraction of sp³-hybridized carbons (Fsp3) is 0.615. The van der Waals surface area contributed by atoms with E-state index in [4.69, 9.17) is 4.74 Å². The van der Waals surface area contributed by atoms with Crippen LogP contribution in [0, 0.1) is 5.41 Å². The Morgan fingerprint density at radius 3 is 2.63 bits per heavy atom. The molecule has 0 amide bonds. The predicted octanol–water partition coefficient (Wildman–Crippen LogP) is 3.33. The molecule has 1 saturated heterocycles. The van der Waals surface area contributed by atoms with Crippen molar-refractivity contribution in [1.82, 2.24) is 4.98 Å². The lowest BCUT2D eigenvalue weighted by Crippen LogP contribution is -2.33. The Bertz CT molecular complexity index is 428. The lowest BCUT2D eigenvalue weighted by molar-refractivity contribution is -0.141. The van der Waals surface area contributed by atoms with Gasteiger partial charge in [0.1, 0.15) is 11.5 Å². The molecule has 2 rings (SSSR count). The van der Waals surface area contributed by atoms with E-state index in [1.54, 1.807) is 6.07 Å². The maximum atomic E-state index is 12.5. The number of anilines is 1. The maximum absolute atomic E-state index is 12.5. The minimum atomic E-state index is -4.40. The van der Waals surface area contributed by atoms with E-state index in [1.165, 1.54) is 6.07 Å². The lowest BCUT2D eigenvalue weighted by atomic mass is 9.82. The number of halogens is 3. The number of rotatable bonds is 3. The molecule has 1 fully saturated rings. The molecule has 0 atom stereocenters. The molecule has 19 heavy (non-hydrogen) atoms. The Hall–Kier alpha value is -1.30. The van der Waals surface area contributed by atoms with Gasteiger partial charge in [0.2, 0.25) is 0 Å². The fourth-order valence-electron chi connectivity index (χ4n) is 2.04. The Balaban J connectivity index is 1.99. The van der Waals surface area contributed by atoms with Crippen LogP contribution in [0.2, 0.25) is 0 Å². The van der Waals surface area contributed by atoms with Crippen LogP contribution in [0.25, 0.3) is 0 Å². The van der Waals surface area contributed by atoms with Gasteiger partial charge in [0.25, 0.3) is 0 Å². The van der Waals surface area contributed by atoms with E-state index in [2.05, 4.69) is 17.2 Å². The molecule has 1 aromatic heterocycles. The Morgan fingerprint density at radius 1 is 1.32 bits per heavy atom. The molecule has 0 aromatic carbocycles. The monoisotopic (exact) mass is 274 g/mol. The van der Waals surface area contributed by atoms with Crippen molar-refractivity contribution in [3.05, 3.63) is 23.9 Å². The second-order valence-corrected chi connectivity index (χ2v) is 5.18. The van der Waals surface area contributed by atoms with E-state index in [9.17, 15) is 13.2 Å². The van der Waals surface area contributed by atoms with Gasteiger partial charge >= 0.3 is 6.18 Å². The summed E-state index contributed by atoms with van der Waals surface area (Å²) in [6, 6.07) is 3.89. The first-order chi connectivity index (χ1) is 8.89. The first kappa shape index (κ1) is 14.1. The van der Waals surface area contributed by atoms with Gasteiger partial charge in [-0.25, -0.2) is 4.98 Å². The van der Waals surface area contributed by atoms with E-state index < -0.39 is 11.9 Å². The van der Waals surface area contributed by atoms with E-state index in [1.807, 2.05) is 0 Å². The lowest BCUT2D eigenvalue weighted by Gasteiger charge is -2.33. The summed E-state index contributed by atoms with van der Waals surface area (Å²) in [4.78, 5) is 3.59. The normalized spacial score (nSPS) is 19.2. The minimum Gasteiger partial charge on any atom is -0.381 e. The zero-order chi connectivity index (χ0) is 13.9. The van der Waals surface area contributed by atoms with E-state index >= 15 is 0 Å². The summed E-state index contributed by atoms with van der Waals surface area (Å²) in [5.74, 6) is 0.266. The highest BCUT2D eigenvalue weighted by Crippen LogP contribution is 2.31. The number of pyridine rings is 1. The summed E-state index contributed by atoms with van der Waals surface area (Å²) in [6.45, 7) is 4.11. The largest absolute Gasteiger partial charge is 0.433 e. The summed E-state index contributed by atoms with van der Waals surface area (Å²) >= 11 is 0. The van der Waals surface area contributed by atoms with Crippen molar-refractivity contribution in [3.8, 4) is 0 Å². The first-order valence-corrected chi connectivity index (χ1v) is 6.25. The molecular formula is C13H17F3N2O. The van der Waals surface area contributed by atoms with Crippen LogP contribution in [0.3, 0.4) is 0 Å². The Labute approximate surface area is 110 Å². The van der Waals surface area contributed by atoms with Crippen LogP contribution in [0.4, 0.5) is 19.0 Å². The van der Waals surface area contributed by atoms with Gasteiger partial charge < -0.3 is 10.1 Å². The zero-order valence-corrected chi connectivity index (χ0v) is 10.8. The van der Waals surface area contributed by atoms with Crippen LogP contribution in [0.5, 0.6) is 0 Å². The number of hydrogen-bond donors (Lipinski definition) is 1. The standard InChI is InChI=1S/C13H17F3N2O/c1-12(5-7-19-8-6-12)9-17-11-4-2-3-10(18-11)13(14,15)16/h2-4H,5-9H2,1H3,(H,17,18). The molecule has 1 aliphatic rings. The van der Waals surface area contributed by atoms with Crippen LogP contribution in [0.1, 0.15) is 25.5 Å². The highest BCUT2D eigenvalue weighted by Gasteiger charge is 2.32. The van der Waals surface area contributed by atoms with E-state index in [0.717, 1.165) is 18.9 Å². The smallest absolute Gasteiger partial charge is 0.381 e. The van der Waals surface area contributed by atoms with Crippen LogP contribution in [-0.4, -0.2) is 24.7 Å². The van der Waals surface area contributed by atoms with Gasteiger partial charge in [-0.1, -0.05) is 13.0 Å². The van der Waals surface area contributed by atoms with Crippen LogP contribution >= 0.6 is 0 Å². The van der Waals surface area contributed by atoms with Crippen LogP contribution in [-0.2, 0) is 10.9 Å². The van der Waals surface area contributed by atoms with E-state index in [-0.39, 0.29) is 11.2 Å². The number of hydrogen-bond acceptors (Lipinski definition) is 3. The van der Waals surface area contributed by atoms with Crippen molar-refractivity contribution < 1.29 is 17.9 Å². The first-order valence-electron chi connectivity index (χ1n) is 6.25. The highest BCUT2D eigenvalue weighted by atomic mass is 19.4. The van der Waals surface area contributed by atoms with Crippen molar-refractivity contribution in [1.29, 1.82) is 0 Å². The average molecular weight is 274 g/mol. The zero-order valence-electron chi connectivity index (χ0n) is 10.8. The third-order valence-electron chi connectivity index (χ3n) is 3.44. The van der Waals surface area contributed by atoms with Gasteiger partial charge in [-0.15, -0.1) is 0 Å². The molecule has 0 unspecified atom stereocenters. The van der Waals surface area contributed by atoms with Crippen molar-refractivity contribution in [2.45, 2.75) is 25.9 Å². The molecule has 3 nitrogen and oxygen atoms in total. The second-order valence-electron chi connectivity index (χ2n) is 5.18. The number of ether oxygens (including phenoxy) is 1. The quantitative estimate of drug-likeness (QED) is 0.918.